The molecule has 0 amide bonds. The van der Waals surface area contributed by atoms with Crippen molar-refractivity contribution in [3.63, 3.8) is 0 Å². The van der Waals surface area contributed by atoms with E-state index in [-0.39, 0.29) is 0 Å². The van der Waals surface area contributed by atoms with Crippen LogP contribution in [-0.2, 0) is 13.6 Å². The van der Waals surface area contributed by atoms with Gasteiger partial charge in [0.05, 0.1) is 19.3 Å². The lowest BCUT2D eigenvalue weighted by molar-refractivity contribution is -0.652. The Morgan fingerprint density at radius 2 is 2.14 bits per heavy atom. The lowest BCUT2D eigenvalue weighted by atomic mass is 10.3. The third-order valence-electron chi connectivity index (χ3n) is 2.90. The van der Waals surface area contributed by atoms with Crippen molar-refractivity contribution in [2.24, 2.45) is 7.05 Å². The Kier molecular flexibility index (Phi) is 2.02. The SMILES string of the molecule is CCn1c(C)[n+](C)c2c(C)nccc21. The average molecular weight is 190 g/mol. The molecule has 2 aromatic rings. The number of imidazole rings is 1. The van der Waals surface area contributed by atoms with Crippen LogP contribution >= 0.6 is 0 Å². The standard InChI is InChI=1S/C11H16N3/c1-5-14-9(3)13(4)11-8(2)12-7-6-10(11)14/h6-7H,5H2,1-4H3/q+1. The summed E-state index contributed by atoms with van der Waals surface area (Å²) in [5, 5.41) is 0. The van der Waals surface area contributed by atoms with Crippen molar-refractivity contribution < 1.29 is 4.57 Å². The van der Waals surface area contributed by atoms with Gasteiger partial charge in [-0.3, -0.25) is 4.98 Å². The molecule has 2 rings (SSSR count). The summed E-state index contributed by atoms with van der Waals surface area (Å²) in [6, 6.07) is 2.08. The molecule has 3 nitrogen and oxygen atoms in total. The van der Waals surface area contributed by atoms with Crippen LogP contribution < -0.4 is 4.57 Å². The first kappa shape index (κ1) is 9.19. The summed E-state index contributed by atoms with van der Waals surface area (Å²) in [5.41, 5.74) is 3.62. The van der Waals surface area contributed by atoms with Gasteiger partial charge in [-0.25, -0.2) is 9.13 Å². The first-order chi connectivity index (χ1) is 6.66. The number of aryl methyl sites for hydroxylation is 3. The zero-order valence-electron chi connectivity index (χ0n) is 9.20. The van der Waals surface area contributed by atoms with Crippen molar-refractivity contribution in [3.8, 4) is 0 Å². The average Bonchev–Trinajstić information content (AvgIpc) is 2.41. The molecule has 0 spiro atoms. The zero-order chi connectivity index (χ0) is 10.3. The molecule has 2 aromatic heterocycles. The normalized spacial score (nSPS) is 11.1. The minimum atomic E-state index is 1.01. The van der Waals surface area contributed by atoms with Gasteiger partial charge in [0, 0.05) is 19.2 Å². The lowest BCUT2D eigenvalue weighted by Crippen LogP contribution is -2.31. The predicted octanol–water partition coefficient (Wildman–Crippen LogP) is 1.50. The molecule has 74 valence electrons. The molecule has 0 aromatic carbocycles. The molecular weight excluding hydrogens is 174 g/mol. The van der Waals surface area contributed by atoms with Crippen molar-refractivity contribution in [2.75, 3.05) is 0 Å². The summed E-state index contributed by atoms with van der Waals surface area (Å²) in [5.74, 6) is 1.28. The molecule has 3 heteroatoms. The van der Waals surface area contributed by atoms with E-state index in [1.54, 1.807) is 0 Å². The third kappa shape index (κ3) is 1.05. The first-order valence-corrected chi connectivity index (χ1v) is 4.97. The van der Waals surface area contributed by atoms with Crippen LogP contribution in [0.25, 0.3) is 11.0 Å². The van der Waals surface area contributed by atoms with E-state index in [0.29, 0.717) is 0 Å². The minimum absolute atomic E-state index is 1.01. The molecule has 14 heavy (non-hydrogen) atoms. The Morgan fingerprint density at radius 3 is 2.79 bits per heavy atom. The number of pyridine rings is 1. The maximum atomic E-state index is 4.32. The van der Waals surface area contributed by atoms with Gasteiger partial charge in [-0.05, 0) is 13.8 Å². The summed E-state index contributed by atoms with van der Waals surface area (Å²) in [6.07, 6.45) is 1.88. The van der Waals surface area contributed by atoms with E-state index < -0.39 is 0 Å². The minimum Gasteiger partial charge on any atom is -0.257 e. The number of nitrogens with zero attached hydrogens (tertiary/aromatic N) is 3. The van der Waals surface area contributed by atoms with Gasteiger partial charge in [0.25, 0.3) is 5.82 Å². The molecule has 0 aliphatic carbocycles. The molecule has 0 bridgehead atoms. The monoisotopic (exact) mass is 190 g/mol. The largest absolute Gasteiger partial charge is 0.257 e. The molecule has 0 aliphatic heterocycles. The number of rotatable bonds is 1. The van der Waals surface area contributed by atoms with Crippen LogP contribution in [0.4, 0.5) is 0 Å². The fourth-order valence-corrected chi connectivity index (χ4v) is 2.09. The third-order valence-corrected chi connectivity index (χ3v) is 2.90. The quantitative estimate of drug-likeness (QED) is 0.624. The highest BCUT2D eigenvalue weighted by atomic mass is 15.2. The topological polar surface area (TPSA) is 21.7 Å². The van der Waals surface area contributed by atoms with E-state index in [2.05, 4.69) is 48.0 Å². The molecule has 0 N–H and O–H groups in total. The van der Waals surface area contributed by atoms with Crippen molar-refractivity contribution in [1.29, 1.82) is 0 Å². The number of hydrogen-bond acceptors (Lipinski definition) is 1. The smallest absolute Gasteiger partial charge is 0.254 e. The zero-order valence-corrected chi connectivity index (χ0v) is 9.20. The summed E-state index contributed by atoms with van der Waals surface area (Å²) in [4.78, 5) is 4.32. The Bertz CT molecular complexity index is 483. The van der Waals surface area contributed by atoms with E-state index >= 15 is 0 Å². The van der Waals surface area contributed by atoms with Gasteiger partial charge in [-0.2, -0.15) is 0 Å². The summed E-state index contributed by atoms with van der Waals surface area (Å²) >= 11 is 0. The highest BCUT2D eigenvalue weighted by molar-refractivity contribution is 5.74. The van der Waals surface area contributed by atoms with Gasteiger partial charge in [0.2, 0.25) is 0 Å². The second kappa shape index (κ2) is 3.08. The number of fused-ring (bicyclic) bond motifs is 1. The van der Waals surface area contributed by atoms with E-state index in [4.69, 9.17) is 0 Å². The van der Waals surface area contributed by atoms with E-state index in [0.717, 1.165) is 12.2 Å². The van der Waals surface area contributed by atoms with Crippen LogP contribution in [0.5, 0.6) is 0 Å². The Balaban J connectivity index is 2.95. The van der Waals surface area contributed by atoms with Gasteiger partial charge < -0.3 is 0 Å². The second-order valence-corrected chi connectivity index (χ2v) is 3.61. The first-order valence-electron chi connectivity index (χ1n) is 4.97. The highest BCUT2D eigenvalue weighted by Crippen LogP contribution is 2.15. The predicted molar refractivity (Wildman–Crippen MR) is 56.1 cm³/mol. The lowest BCUT2D eigenvalue weighted by Gasteiger charge is -1.92. The number of aromatic nitrogens is 3. The van der Waals surface area contributed by atoms with Gasteiger partial charge in [-0.1, -0.05) is 0 Å². The van der Waals surface area contributed by atoms with Crippen LogP contribution in [0.15, 0.2) is 12.3 Å². The molecule has 0 radical (unpaired) electrons. The van der Waals surface area contributed by atoms with E-state index in [1.165, 1.54) is 16.9 Å². The van der Waals surface area contributed by atoms with E-state index in [1.807, 2.05) is 6.20 Å². The fraction of sp³-hybridized carbons (Fsp3) is 0.455. The Hall–Kier alpha value is -1.38. The Labute approximate surface area is 84.0 Å². The van der Waals surface area contributed by atoms with Crippen LogP contribution in [-0.4, -0.2) is 9.55 Å². The van der Waals surface area contributed by atoms with Gasteiger partial charge >= 0.3 is 0 Å². The maximum Gasteiger partial charge on any atom is 0.254 e. The summed E-state index contributed by atoms with van der Waals surface area (Å²) < 4.78 is 4.52. The summed E-state index contributed by atoms with van der Waals surface area (Å²) in [6.45, 7) is 7.37. The molecule has 0 unspecified atom stereocenters. The second-order valence-electron chi connectivity index (χ2n) is 3.61. The van der Waals surface area contributed by atoms with Crippen molar-refractivity contribution in [2.45, 2.75) is 27.3 Å². The molecular formula is C11H16N3+. The van der Waals surface area contributed by atoms with Gasteiger partial charge in [0.1, 0.15) is 0 Å². The Morgan fingerprint density at radius 1 is 1.43 bits per heavy atom. The maximum absolute atomic E-state index is 4.32. The van der Waals surface area contributed by atoms with Crippen LogP contribution in [0.3, 0.4) is 0 Å². The van der Waals surface area contributed by atoms with Crippen molar-refractivity contribution >= 4 is 11.0 Å². The van der Waals surface area contributed by atoms with Crippen LogP contribution in [0.2, 0.25) is 0 Å². The fourth-order valence-electron chi connectivity index (χ4n) is 2.09. The van der Waals surface area contributed by atoms with Crippen LogP contribution in [0, 0.1) is 13.8 Å². The molecule has 0 saturated heterocycles. The van der Waals surface area contributed by atoms with Crippen molar-refractivity contribution in [3.05, 3.63) is 23.8 Å². The van der Waals surface area contributed by atoms with Gasteiger partial charge in [-0.15, -0.1) is 0 Å². The summed E-state index contributed by atoms with van der Waals surface area (Å²) in [7, 11) is 2.10. The van der Waals surface area contributed by atoms with Crippen LogP contribution in [0.1, 0.15) is 18.4 Å². The number of hydrogen-bond donors (Lipinski definition) is 0. The van der Waals surface area contributed by atoms with Gasteiger partial charge in [0.15, 0.2) is 11.0 Å². The molecule has 0 fully saturated rings. The molecule has 0 aliphatic rings. The molecule has 0 atom stereocenters. The van der Waals surface area contributed by atoms with E-state index in [9.17, 15) is 0 Å². The highest BCUT2D eigenvalue weighted by Gasteiger charge is 2.19. The molecule has 0 saturated carbocycles. The van der Waals surface area contributed by atoms with Crippen molar-refractivity contribution in [1.82, 2.24) is 9.55 Å². The molecule has 2 heterocycles.